The summed E-state index contributed by atoms with van der Waals surface area (Å²) in [6.45, 7) is 0. The molecule has 100 valence electrons. The number of nitroso groups, excluding NO2 is 1. The van der Waals surface area contributed by atoms with Crippen LogP contribution in [-0.2, 0) is 0 Å². The summed E-state index contributed by atoms with van der Waals surface area (Å²) >= 11 is 0. The van der Waals surface area contributed by atoms with Crippen LogP contribution < -0.4 is 0 Å². The summed E-state index contributed by atoms with van der Waals surface area (Å²) in [5.41, 5.74) is 0.379. The largest absolute Gasteiger partial charge is 0.507 e. The van der Waals surface area contributed by atoms with Crippen LogP contribution in [0.3, 0.4) is 0 Å². The van der Waals surface area contributed by atoms with Gasteiger partial charge in [0.2, 0.25) is 0 Å². The van der Waals surface area contributed by atoms with E-state index < -0.39 is 0 Å². The molecule has 3 nitrogen and oxygen atoms in total. The molecule has 0 aliphatic heterocycles. The fraction of sp³-hybridized carbons (Fsp3) is 0. The number of hydrogen-bond acceptors (Lipinski definition) is 3. The fourth-order valence-corrected chi connectivity index (χ4v) is 3.00. The molecule has 1 N–H and O–H groups in total. The van der Waals surface area contributed by atoms with E-state index in [0.717, 1.165) is 10.8 Å². The molecule has 0 atom stereocenters. The molecule has 0 heterocycles. The lowest BCUT2D eigenvalue weighted by molar-refractivity contribution is 0.488. The summed E-state index contributed by atoms with van der Waals surface area (Å²) in [5, 5.41) is 18.5. The van der Waals surface area contributed by atoms with E-state index in [4.69, 9.17) is 0 Å². The number of benzene rings is 4. The minimum atomic E-state index is 0.199. The van der Waals surface area contributed by atoms with Gasteiger partial charge in [0.1, 0.15) is 11.4 Å². The van der Waals surface area contributed by atoms with Crippen molar-refractivity contribution in [3.05, 3.63) is 65.6 Å². The molecule has 0 fully saturated rings. The van der Waals surface area contributed by atoms with Crippen molar-refractivity contribution in [2.75, 3.05) is 0 Å². The first kappa shape index (κ1) is 11.9. The lowest BCUT2D eigenvalue weighted by Crippen LogP contribution is -1.83. The van der Waals surface area contributed by atoms with Crippen molar-refractivity contribution in [2.24, 2.45) is 5.18 Å². The zero-order valence-corrected chi connectivity index (χ0v) is 11.1. The van der Waals surface area contributed by atoms with Crippen molar-refractivity contribution in [1.29, 1.82) is 0 Å². The fourth-order valence-electron chi connectivity index (χ4n) is 3.00. The molecule has 0 amide bonds. The Bertz CT molecular complexity index is 1020. The van der Waals surface area contributed by atoms with Gasteiger partial charge in [-0.1, -0.05) is 60.7 Å². The summed E-state index contributed by atoms with van der Waals surface area (Å²) in [7, 11) is 0. The molecule has 0 unspecified atom stereocenters. The molecule has 0 aliphatic carbocycles. The number of hydrogen-bond donors (Lipinski definition) is 1. The smallest absolute Gasteiger partial charge is 0.132 e. The summed E-state index contributed by atoms with van der Waals surface area (Å²) < 4.78 is 0. The number of aromatic hydroxyl groups is 1. The number of nitrogens with zero attached hydrogens (tertiary/aromatic N) is 1. The maximum atomic E-state index is 11.4. The molecule has 21 heavy (non-hydrogen) atoms. The lowest BCUT2D eigenvalue weighted by atomic mass is 9.95. The first-order chi connectivity index (χ1) is 10.3. The van der Waals surface area contributed by atoms with Crippen molar-refractivity contribution in [2.45, 2.75) is 0 Å². The standard InChI is InChI=1S/C18H11NO2/c20-18-14-8-4-3-7-13(14)17(19-21)15-10-9-11-5-1-2-6-12(11)16(15)18/h1-10,20H. The van der Waals surface area contributed by atoms with E-state index in [1.165, 1.54) is 0 Å². The van der Waals surface area contributed by atoms with Crippen LogP contribution in [0.25, 0.3) is 32.3 Å². The van der Waals surface area contributed by atoms with Crippen LogP contribution in [0.15, 0.2) is 65.8 Å². The second kappa shape index (κ2) is 4.28. The molecular weight excluding hydrogens is 262 g/mol. The molecule has 4 rings (SSSR count). The highest BCUT2D eigenvalue weighted by Gasteiger charge is 2.15. The highest BCUT2D eigenvalue weighted by Crippen LogP contribution is 2.44. The van der Waals surface area contributed by atoms with E-state index in [9.17, 15) is 10.0 Å². The molecule has 4 aromatic carbocycles. The van der Waals surface area contributed by atoms with Gasteiger partial charge >= 0.3 is 0 Å². The number of fused-ring (bicyclic) bond motifs is 4. The van der Waals surface area contributed by atoms with Gasteiger partial charge in [-0.25, -0.2) is 0 Å². The lowest BCUT2D eigenvalue weighted by Gasteiger charge is -2.11. The van der Waals surface area contributed by atoms with Crippen molar-refractivity contribution in [1.82, 2.24) is 0 Å². The van der Waals surface area contributed by atoms with Crippen LogP contribution in [0.4, 0.5) is 5.69 Å². The Labute approximate surface area is 120 Å². The van der Waals surface area contributed by atoms with Crippen molar-refractivity contribution < 1.29 is 5.11 Å². The van der Waals surface area contributed by atoms with Gasteiger partial charge in [0.05, 0.1) is 0 Å². The van der Waals surface area contributed by atoms with Gasteiger partial charge in [-0.15, -0.1) is 4.91 Å². The Balaban J connectivity index is 2.40. The number of phenols is 1. The van der Waals surface area contributed by atoms with E-state index in [-0.39, 0.29) is 5.75 Å². The summed E-state index contributed by atoms with van der Waals surface area (Å²) in [6.07, 6.45) is 0. The van der Waals surface area contributed by atoms with E-state index >= 15 is 0 Å². The molecule has 0 radical (unpaired) electrons. The maximum Gasteiger partial charge on any atom is 0.132 e. The second-order valence-corrected chi connectivity index (χ2v) is 5.04. The Morgan fingerprint density at radius 2 is 1.38 bits per heavy atom. The predicted molar refractivity (Wildman–Crippen MR) is 86.1 cm³/mol. The van der Waals surface area contributed by atoms with Crippen LogP contribution in [0.1, 0.15) is 0 Å². The van der Waals surface area contributed by atoms with Crippen molar-refractivity contribution in [3.8, 4) is 5.75 Å². The summed E-state index contributed by atoms with van der Waals surface area (Å²) in [5.74, 6) is 0.199. The number of rotatable bonds is 1. The molecule has 0 aliphatic rings. The Morgan fingerprint density at radius 1 is 0.714 bits per heavy atom. The van der Waals surface area contributed by atoms with Gasteiger partial charge in [-0.3, -0.25) is 0 Å². The zero-order chi connectivity index (χ0) is 14.4. The molecule has 3 heteroatoms. The average Bonchev–Trinajstić information content (AvgIpc) is 2.55. The van der Waals surface area contributed by atoms with Crippen LogP contribution in [0.5, 0.6) is 5.75 Å². The van der Waals surface area contributed by atoms with E-state index in [2.05, 4.69) is 5.18 Å². The van der Waals surface area contributed by atoms with Crippen LogP contribution >= 0.6 is 0 Å². The van der Waals surface area contributed by atoms with Gasteiger partial charge in [-0.2, -0.15) is 0 Å². The predicted octanol–water partition coefficient (Wildman–Crippen LogP) is 5.25. The molecule has 0 saturated heterocycles. The van der Waals surface area contributed by atoms with Gasteiger partial charge in [0, 0.05) is 21.5 Å². The highest BCUT2D eigenvalue weighted by molar-refractivity contribution is 6.22. The van der Waals surface area contributed by atoms with E-state index in [0.29, 0.717) is 27.2 Å². The molecule has 0 bridgehead atoms. The minimum Gasteiger partial charge on any atom is -0.507 e. The normalized spacial score (nSPS) is 11.2. The Hall–Kier alpha value is -2.94. The highest BCUT2D eigenvalue weighted by atomic mass is 16.3. The molecule has 0 spiro atoms. The topological polar surface area (TPSA) is 49.7 Å². The second-order valence-electron chi connectivity index (χ2n) is 5.04. The SMILES string of the molecule is O=Nc1c2ccccc2c(O)c2c1ccc1ccccc12. The third kappa shape index (κ3) is 1.54. The monoisotopic (exact) mass is 273 g/mol. The third-order valence-corrected chi connectivity index (χ3v) is 3.95. The number of phenolic OH excluding ortho intramolecular Hbond substituents is 1. The maximum absolute atomic E-state index is 11.4. The first-order valence-corrected chi connectivity index (χ1v) is 6.70. The molecule has 0 aromatic heterocycles. The summed E-state index contributed by atoms with van der Waals surface area (Å²) in [6, 6.07) is 18.9. The summed E-state index contributed by atoms with van der Waals surface area (Å²) in [4.78, 5) is 11.4. The van der Waals surface area contributed by atoms with Crippen LogP contribution in [-0.4, -0.2) is 5.11 Å². The molecule has 0 saturated carbocycles. The Kier molecular flexibility index (Phi) is 2.42. The molecule has 4 aromatic rings. The van der Waals surface area contributed by atoms with Gasteiger partial charge in [0.15, 0.2) is 0 Å². The zero-order valence-electron chi connectivity index (χ0n) is 11.1. The van der Waals surface area contributed by atoms with Crippen molar-refractivity contribution >= 4 is 38.0 Å². The van der Waals surface area contributed by atoms with Crippen LogP contribution in [0, 0.1) is 4.91 Å². The third-order valence-electron chi connectivity index (χ3n) is 3.95. The van der Waals surface area contributed by atoms with Gasteiger partial charge in [-0.05, 0) is 15.9 Å². The van der Waals surface area contributed by atoms with E-state index in [1.54, 1.807) is 12.1 Å². The van der Waals surface area contributed by atoms with Crippen molar-refractivity contribution in [3.63, 3.8) is 0 Å². The quantitative estimate of drug-likeness (QED) is 0.292. The average molecular weight is 273 g/mol. The minimum absolute atomic E-state index is 0.199. The Morgan fingerprint density at radius 3 is 2.14 bits per heavy atom. The van der Waals surface area contributed by atoms with E-state index in [1.807, 2.05) is 48.5 Å². The molecular formula is C18H11NO2. The van der Waals surface area contributed by atoms with Gasteiger partial charge < -0.3 is 5.11 Å². The first-order valence-electron chi connectivity index (χ1n) is 6.70. The van der Waals surface area contributed by atoms with Crippen LogP contribution in [0.2, 0.25) is 0 Å². The van der Waals surface area contributed by atoms with Gasteiger partial charge in [0.25, 0.3) is 0 Å².